The Morgan fingerprint density at radius 2 is 1.91 bits per heavy atom. The van der Waals surface area contributed by atoms with Crippen molar-refractivity contribution in [3.63, 3.8) is 0 Å². The summed E-state index contributed by atoms with van der Waals surface area (Å²) in [6.45, 7) is 8.00. The number of allylic oxidation sites excluding steroid dienone is 3. The summed E-state index contributed by atoms with van der Waals surface area (Å²) in [5.41, 5.74) is 10.9. The quantitative estimate of drug-likeness (QED) is 0.544. The Balaban J connectivity index is 2.05. The Morgan fingerprint density at radius 3 is 2.56 bits per heavy atom. The molecule has 6 heteroatoms. The standard InChI is InChI=1S/C26H25BrFN3O/c1-14-5-6-15(2)17(9-14)23-18(13-29)25(30)31(20-8-7-16(27)10-19(20)28)21-11-26(3,4)12-22(32)24(21)23/h5-10,23H,11-12,30H2,1-4H3. The Bertz CT molecular complexity index is 1250. The summed E-state index contributed by atoms with van der Waals surface area (Å²) in [6.07, 6.45) is 0.910. The average Bonchev–Trinajstić information content (AvgIpc) is 2.69. The molecule has 2 aliphatic rings. The molecular weight excluding hydrogens is 469 g/mol. The molecule has 0 amide bonds. The Morgan fingerprint density at radius 1 is 1.19 bits per heavy atom. The predicted octanol–water partition coefficient (Wildman–Crippen LogP) is 6.15. The summed E-state index contributed by atoms with van der Waals surface area (Å²) in [7, 11) is 0. The molecular formula is C26H25BrFN3O. The van der Waals surface area contributed by atoms with Crippen molar-refractivity contribution in [1.82, 2.24) is 0 Å². The number of rotatable bonds is 2. The first kappa shape index (κ1) is 22.3. The third-order valence-corrected chi connectivity index (χ3v) is 6.77. The van der Waals surface area contributed by atoms with Crippen LogP contribution in [0.3, 0.4) is 0 Å². The van der Waals surface area contributed by atoms with Crippen molar-refractivity contribution >= 4 is 27.4 Å². The van der Waals surface area contributed by atoms with Crippen LogP contribution in [0.5, 0.6) is 0 Å². The largest absolute Gasteiger partial charge is 0.384 e. The molecule has 32 heavy (non-hydrogen) atoms. The maximum absolute atomic E-state index is 15.1. The van der Waals surface area contributed by atoms with Crippen molar-refractivity contribution in [2.75, 3.05) is 4.90 Å². The van der Waals surface area contributed by atoms with Crippen LogP contribution in [-0.4, -0.2) is 5.78 Å². The number of hydrogen-bond acceptors (Lipinski definition) is 4. The van der Waals surface area contributed by atoms with Crippen LogP contribution in [-0.2, 0) is 4.79 Å². The highest BCUT2D eigenvalue weighted by Crippen LogP contribution is 2.51. The fraction of sp³-hybridized carbons (Fsp3) is 0.308. The first-order valence-corrected chi connectivity index (χ1v) is 11.3. The first-order valence-electron chi connectivity index (χ1n) is 10.5. The highest BCUT2D eigenvalue weighted by Gasteiger charge is 2.45. The Hall–Kier alpha value is -2.91. The van der Waals surface area contributed by atoms with Crippen molar-refractivity contribution < 1.29 is 9.18 Å². The minimum Gasteiger partial charge on any atom is -0.384 e. The van der Waals surface area contributed by atoms with Crippen LogP contribution in [0, 0.1) is 36.4 Å². The van der Waals surface area contributed by atoms with E-state index >= 15 is 4.39 Å². The van der Waals surface area contributed by atoms with Crippen molar-refractivity contribution in [2.24, 2.45) is 11.1 Å². The number of carbonyl (C=O) groups is 1. The van der Waals surface area contributed by atoms with E-state index in [1.165, 1.54) is 6.07 Å². The van der Waals surface area contributed by atoms with Gasteiger partial charge in [0.1, 0.15) is 11.6 Å². The van der Waals surface area contributed by atoms with Crippen LogP contribution >= 0.6 is 15.9 Å². The van der Waals surface area contributed by atoms with E-state index < -0.39 is 11.7 Å². The smallest absolute Gasteiger partial charge is 0.162 e. The molecule has 0 radical (unpaired) electrons. The van der Waals surface area contributed by atoms with E-state index in [1.807, 2.05) is 45.9 Å². The lowest BCUT2D eigenvalue weighted by Gasteiger charge is -2.44. The Labute approximate surface area is 196 Å². The highest BCUT2D eigenvalue weighted by molar-refractivity contribution is 9.10. The molecule has 2 N–H and O–H groups in total. The van der Waals surface area contributed by atoms with E-state index in [4.69, 9.17) is 5.73 Å². The van der Waals surface area contributed by atoms with Crippen LogP contribution in [0.25, 0.3) is 0 Å². The third-order valence-electron chi connectivity index (χ3n) is 6.28. The molecule has 0 saturated carbocycles. The molecule has 1 aliphatic heterocycles. The number of nitrogens with zero attached hydrogens (tertiary/aromatic N) is 2. The second-order valence-electron chi connectivity index (χ2n) is 9.44. The molecule has 4 nitrogen and oxygen atoms in total. The number of ketones is 1. The van der Waals surface area contributed by atoms with E-state index in [2.05, 4.69) is 22.0 Å². The number of nitriles is 1. The summed E-state index contributed by atoms with van der Waals surface area (Å²) >= 11 is 3.29. The summed E-state index contributed by atoms with van der Waals surface area (Å²) < 4.78 is 15.7. The van der Waals surface area contributed by atoms with E-state index in [0.717, 1.165) is 16.7 Å². The van der Waals surface area contributed by atoms with Gasteiger partial charge in [0.05, 0.1) is 23.2 Å². The van der Waals surface area contributed by atoms with Gasteiger partial charge in [-0.05, 0) is 55.0 Å². The topological polar surface area (TPSA) is 70.1 Å². The number of anilines is 1. The summed E-state index contributed by atoms with van der Waals surface area (Å²) in [5.74, 6) is -0.894. The van der Waals surface area contributed by atoms with Gasteiger partial charge >= 0.3 is 0 Å². The van der Waals surface area contributed by atoms with Gasteiger partial charge in [0.2, 0.25) is 0 Å². The molecule has 1 unspecified atom stereocenters. The van der Waals surface area contributed by atoms with Gasteiger partial charge in [0, 0.05) is 22.2 Å². The van der Waals surface area contributed by atoms with Crippen molar-refractivity contribution in [3.8, 4) is 6.07 Å². The number of halogens is 2. The van der Waals surface area contributed by atoms with Gasteiger partial charge in [0.25, 0.3) is 0 Å². The second kappa shape index (κ2) is 7.90. The second-order valence-corrected chi connectivity index (χ2v) is 10.4. The van der Waals surface area contributed by atoms with Gasteiger partial charge in [0.15, 0.2) is 5.78 Å². The third kappa shape index (κ3) is 3.65. The predicted molar refractivity (Wildman–Crippen MR) is 127 cm³/mol. The highest BCUT2D eigenvalue weighted by atomic mass is 79.9. The number of carbonyl (C=O) groups excluding carboxylic acids is 1. The number of nitrogens with two attached hydrogens (primary N) is 1. The SMILES string of the molecule is Cc1ccc(C)c(C2C(C#N)=C(N)N(c3ccc(Br)cc3F)C3=C2C(=O)CC(C)(C)C3)c1. The van der Waals surface area contributed by atoms with Crippen LogP contribution < -0.4 is 10.6 Å². The van der Waals surface area contributed by atoms with Gasteiger partial charge in [-0.1, -0.05) is 53.5 Å². The zero-order chi connectivity index (χ0) is 23.4. The molecule has 0 fully saturated rings. The zero-order valence-electron chi connectivity index (χ0n) is 18.6. The number of Topliss-reactive ketones (excluding diaryl/α,β-unsaturated/α-hetero) is 1. The molecule has 1 aliphatic carbocycles. The van der Waals surface area contributed by atoms with Crippen LogP contribution in [0.15, 0.2) is 63.5 Å². The van der Waals surface area contributed by atoms with E-state index in [9.17, 15) is 10.1 Å². The lowest BCUT2D eigenvalue weighted by molar-refractivity contribution is -0.118. The molecule has 4 rings (SSSR count). The lowest BCUT2D eigenvalue weighted by Crippen LogP contribution is -2.42. The van der Waals surface area contributed by atoms with Crippen LogP contribution in [0.2, 0.25) is 0 Å². The number of benzene rings is 2. The molecule has 2 aromatic carbocycles. The molecule has 1 heterocycles. The monoisotopic (exact) mass is 493 g/mol. The van der Waals surface area contributed by atoms with Gasteiger partial charge in [-0.25, -0.2) is 4.39 Å². The van der Waals surface area contributed by atoms with Crippen molar-refractivity contribution in [3.05, 3.63) is 86.0 Å². The molecule has 0 saturated heterocycles. The molecule has 164 valence electrons. The molecule has 1 atom stereocenters. The maximum Gasteiger partial charge on any atom is 0.162 e. The van der Waals surface area contributed by atoms with E-state index in [-0.39, 0.29) is 28.3 Å². The van der Waals surface area contributed by atoms with E-state index in [0.29, 0.717) is 28.6 Å². The Kier molecular flexibility index (Phi) is 5.50. The summed E-state index contributed by atoms with van der Waals surface area (Å²) in [6, 6.07) is 13.0. The van der Waals surface area contributed by atoms with Gasteiger partial charge in [-0.2, -0.15) is 5.26 Å². The fourth-order valence-corrected chi connectivity index (χ4v) is 5.16. The van der Waals surface area contributed by atoms with Crippen molar-refractivity contribution in [1.29, 1.82) is 5.26 Å². The average molecular weight is 494 g/mol. The zero-order valence-corrected chi connectivity index (χ0v) is 20.2. The van der Waals surface area contributed by atoms with Gasteiger partial charge in [-0.3, -0.25) is 9.69 Å². The maximum atomic E-state index is 15.1. The van der Waals surface area contributed by atoms with E-state index in [1.54, 1.807) is 17.0 Å². The summed E-state index contributed by atoms with van der Waals surface area (Å²) in [4.78, 5) is 15.1. The first-order chi connectivity index (χ1) is 15.0. The van der Waals surface area contributed by atoms with Gasteiger partial charge in [-0.15, -0.1) is 0 Å². The number of hydrogen-bond donors (Lipinski definition) is 1. The fourth-order valence-electron chi connectivity index (χ4n) is 4.83. The van der Waals surface area contributed by atoms with Crippen LogP contribution in [0.4, 0.5) is 10.1 Å². The summed E-state index contributed by atoms with van der Waals surface area (Å²) in [5, 5.41) is 10.2. The van der Waals surface area contributed by atoms with Crippen LogP contribution in [0.1, 0.15) is 49.3 Å². The van der Waals surface area contributed by atoms with Gasteiger partial charge < -0.3 is 5.73 Å². The molecule has 2 aromatic rings. The molecule has 0 aromatic heterocycles. The lowest BCUT2D eigenvalue weighted by atomic mass is 9.68. The normalized spacial score (nSPS) is 20.3. The number of aryl methyl sites for hydroxylation is 2. The molecule has 0 bridgehead atoms. The minimum absolute atomic E-state index is 0.0232. The van der Waals surface area contributed by atoms with Crippen molar-refractivity contribution in [2.45, 2.75) is 46.5 Å². The molecule has 0 spiro atoms. The minimum atomic E-state index is -0.562.